The van der Waals surface area contributed by atoms with E-state index >= 15 is 0 Å². The van der Waals surface area contributed by atoms with Crippen LogP contribution in [0, 0.1) is 0 Å². The highest BCUT2D eigenvalue weighted by atomic mass is 16.2. The second kappa shape index (κ2) is 12.2. The molecule has 1 aliphatic rings. The number of hydrogen-bond donors (Lipinski definition) is 0. The molecule has 2 rings (SSSR count). The maximum atomic E-state index is 12.4. The van der Waals surface area contributed by atoms with Crippen LogP contribution in [0.2, 0.25) is 0 Å². The fourth-order valence-corrected chi connectivity index (χ4v) is 3.74. The van der Waals surface area contributed by atoms with Gasteiger partial charge in [-0.05, 0) is 38.7 Å². The van der Waals surface area contributed by atoms with Crippen LogP contribution in [0.4, 0.5) is 0 Å². The van der Waals surface area contributed by atoms with Gasteiger partial charge in [-0.3, -0.25) is 14.4 Å². The quantitative estimate of drug-likeness (QED) is 0.606. The van der Waals surface area contributed by atoms with Crippen molar-refractivity contribution in [1.29, 1.82) is 0 Å². The minimum atomic E-state index is 0.0912. The van der Waals surface area contributed by atoms with E-state index in [0.29, 0.717) is 65.0 Å². The Balaban J connectivity index is 1.62. The average molecular weight is 402 g/mol. The number of carbonyl (C=O) groups excluding carboxylic acids is 3. The first-order chi connectivity index (χ1) is 14.0. The minimum absolute atomic E-state index is 0.0912. The van der Waals surface area contributed by atoms with E-state index < -0.39 is 0 Å². The monoisotopic (exact) mass is 401 g/mol. The lowest BCUT2D eigenvalue weighted by molar-refractivity contribution is -0.140. The van der Waals surface area contributed by atoms with E-state index in [1.54, 1.807) is 4.90 Å². The third-order valence-corrected chi connectivity index (χ3v) is 5.58. The van der Waals surface area contributed by atoms with Gasteiger partial charge < -0.3 is 14.7 Å². The van der Waals surface area contributed by atoms with Gasteiger partial charge in [0.2, 0.25) is 17.7 Å². The lowest BCUT2D eigenvalue weighted by atomic mass is 10.1. The fourth-order valence-electron chi connectivity index (χ4n) is 3.74. The zero-order chi connectivity index (χ0) is 21.1. The highest BCUT2D eigenvalue weighted by Crippen LogP contribution is 2.11. The number of piperazine rings is 1. The minimum Gasteiger partial charge on any atom is -0.343 e. The molecular formula is C23H35N3O3. The third kappa shape index (κ3) is 7.52. The molecule has 0 atom stereocenters. The first kappa shape index (κ1) is 22.9. The van der Waals surface area contributed by atoms with Crippen LogP contribution in [0.1, 0.15) is 51.5 Å². The van der Waals surface area contributed by atoms with Gasteiger partial charge in [-0.2, -0.15) is 0 Å². The van der Waals surface area contributed by atoms with Crippen LogP contribution in [0.3, 0.4) is 0 Å². The molecule has 0 aliphatic carbocycles. The Labute approximate surface area is 174 Å². The summed E-state index contributed by atoms with van der Waals surface area (Å²) in [6.07, 6.45) is 3.73. The Morgan fingerprint density at radius 2 is 1.31 bits per heavy atom. The largest absolute Gasteiger partial charge is 0.343 e. The van der Waals surface area contributed by atoms with Crippen molar-refractivity contribution in [2.45, 2.75) is 52.4 Å². The van der Waals surface area contributed by atoms with Crippen molar-refractivity contribution < 1.29 is 14.4 Å². The van der Waals surface area contributed by atoms with Gasteiger partial charge in [0.15, 0.2) is 0 Å². The van der Waals surface area contributed by atoms with E-state index in [-0.39, 0.29) is 17.7 Å². The van der Waals surface area contributed by atoms with Crippen molar-refractivity contribution in [3.63, 3.8) is 0 Å². The molecule has 1 saturated heterocycles. The molecule has 1 aromatic rings. The van der Waals surface area contributed by atoms with E-state index in [4.69, 9.17) is 0 Å². The summed E-state index contributed by atoms with van der Waals surface area (Å²) in [6, 6.07) is 10.2. The molecule has 0 N–H and O–H groups in total. The fraction of sp³-hybridized carbons (Fsp3) is 0.609. The molecule has 3 amide bonds. The van der Waals surface area contributed by atoms with Gasteiger partial charge in [0.05, 0.1) is 0 Å². The average Bonchev–Trinajstić information content (AvgIpc) is 2.75. The predicted octanol–water partition coefficient (Wildman–Crippen LogP) is 2.72. The van der Waals surface area contributed by atoms with Crippen LogP contribution in [-0.4, -0.2) is 71.7 Å². The van der Waals surface area contributed by atoms with Gasteiger partial charge in [0, 0.05) is 58.5 Å². The highest BCUT2D eigenvalue weighted by molar-refractivity contribution is 5.80. The third-order valence-electron chi connectivity index (χ3n) is 5.58. The van der Waals surface area contributed by atoms with Crippen molar-refractivity contribution in [2.24, 2.45) is 0 Å². The van der Waals surface area contributed by atoms with Crippen LogP contribution in [0.15, 0.2) is 30.3 Å². The van der Waals surface area contributed by atoms with Gasteiger partial charge in [0.25, 0.3) is 0 Å². The molecule has 0 saturated carbocycles. The highest BCUT2D eigenvalue weighted by Gasteiger charge is 2.23. The number of amides is 3. The smallest absolute Gasteiger partial charge is 0.222 e. The normalized spacial score (nSPS) is 14.0. The van der Waals surface area contributed by atoms with E-state index in [0.717, 1.165) is 12.8 Å². The number of carbonyl (C=O) groups is 3. The van der Waals surface area contributed by atoms with Crippen molar-refractivity contribution in [3.8, 4) is 0 Å². The number of rotatable bonds is 10. The molecule has 6 heteroatoms. The number of nitrogens with zero attached hydrogens (tertiary/aromatic N) is 3. The van der Waals surface area contributed by atoms with Crippen molar-refractivity contribution in [2.75, 3.05) is 39.3 Å². The Morgan fingerprint density at radius 1 is 0.793 bits per heavy atom. The molecule has 160 valence electrons. The molecule has 1 aliphatic heterocycles. The number of hydrogen-bond acceptors (Lipinski definition) is 3. The molecule has 0 bridgehead atoms. The summed E-state index contributed by atoms with van der Waals surface area (Å²) in [4.78, 5) is 42.3. The SMILES string of the molecule is CCN(CC)C(=O)CCCC(=O)N1CCN(C(=O)CCCc2ccccc2)CC1. The molecule has 6 nitrogen and oxygen atoms in total. The summed E-state index contributed by atoms with van der Waals surface area (Å²) >= 11 is 0. The first-order valence-electron chi connectivity index (χ1n) is 10.9. The van der Waals surface area contributed by atoms with Crippen molar-refractivity contribution in [1.82, 2.24) is 14.7 Å². The van der Waals surface area contributed by atoms with E-state index in [9.17, 15) is 14.4 Å². The standard InChI is InChI=1S/C23H35N3O3/c1-3-24(4-2)21(27)14-9-15-23(29)26-18-16-25(17-19-26)22(28)13-8-12-20-10-6-5-7-11-20/h5-7,10-11H,3-4,8-9,12-19H2,1-2H3. The summed E-state index contributed by atoms with van der Waals surface area (Å²) in [5, 5.41) is 0. The van der Waals surface area contributed by atoms with Crippen LogP contribution < -0.4 is 0 Å². The Bertz CT molecular complexity index is 651. The molecule has 0 unspecified atom stereocenters. The number of benzene rings is 1. The molecule has 29 heavy (non-hydrogen) atoms. The zero-order valence-electron chi connectivity index (χ0n) is 17.9. The lowest BCUT2D eigenvalue weighted by Crippen LogP contribution is -2.50. The van der Waals surface area contributed by atoms with Gasteiger partial charge in [-0.1, -0.05) is 30.3 Å². The second-order valence-electron chi connectivity index (χ2n) is 7.52. The van der Waals surface area contributed by atoms with Crippen molar-refractivity contribution >= 4 is 17.7 Å². The van der Waals surface area contributed by atoms with Crippen LogP contribution in [-0.2, 0) is 20.8 Å². The number of aryl methyl sites for hydroxylation is 1. The zero-order valence-corrected chi connectivity index (χ0v) is 17.9. The second-order valence-corrected chi connectivity index (χ2v) is 7.52. The van der Waals surface area contributed by atoms with Crippen LogP contribution >= 0.6 is 0 Å². The van der Waals surface area contributed by atoms with E-state index in [1.165, 1.54) is 5.56 Å². The van der Waals surface area contributed by atoms with Gasteiger partial charge in [0.1, 0.15) is 0 Å². The first-order valence-corrected chi connectivity index (χ1v) is 10.9. The molecule has 1 fully saturated rings. The lowest BCUT2D eigenvalue weighted by Gasteiger charge is -2.35. The topological polar surface area (TPSA) is 60.9 Å². The maximum Gasteiger partial charge on any atom is 0.222 e. The summed E-state index contributed by atoms with van der Waals surface area (Å²) in [5.41, 5.74) is 1.26. The molecule has 0 aromatic heterocycles. The molecule has 0 spiro atoms. The van der Waals surface area contributed by atoms with Crippen molar-refractivity contribution in [3.05, 3.63) is 35.9 Å². The Hall–Kier alpha value is -2.37. The van der Waals surface area contributed by atoms with Gasteiger partial charge in [-0.25, -0.2) is 0 Å². The predicted molar refractivity (Wildman–Crippen MR) is 114 cm³/mol. The summed E-state index contributed by atoms with van der Waals surface area (Å²) in [7, 11) is 0. The maximum absolute atomic E-state index is 12.4. The summed E-state index contributed by atoms with van der Waals surface area (Å²) in [5.74, 6) is 0.389. The summed E-state index contributed by atoms with van der Waals surface area (Å²) in [6.45, 7) is 7.75. The van der Waals surface area contributed by atoms with E-state index in [1.807, 2.05) is 41.8 Å². The Kier molecular flexibility index (Phi) is 9.68. The van der Waals surface area contributed by atoms with Crippen LogP contribution in [0.5, 0.6) is 0 Å². The molecular weight excluding hydrogens is 366 g/mol. The van der Waals surface area contributed by atoms with Gasteiger partial charge >= 0.3 is 0 Å². The van der Waals surface area contributed by atoms with E-state index in [2.05, 4.69) is 12.1 Å². The van der Waals surface area contributed by atoms with Gasteiger partial charge in [-0.15, -0.1) is 0 Å². The Morgan fingerprint density at radius 3 is 1.83 bits per heavy atom. The molecule has 1 heterocycles. The molecule has 1 aromatic carbocycles. The summed E-state index contributed by atoms with van der Waals surface area (Å²) < 4.78 is 0. The van der Waals surface area contributed by atoms with Crippen LogP contribution in [0.25, 0.3) is 0 Å². The molecule has 0 radical (unpaired) electrons.